The molecule has 1 aromatic rings. The first-order chi connectivity index (χ1) is 9.67. The molecule has 1 aromatic carbocycles. The van der Waals surface area contributed by atoms with Crippen LogP contribution in [0.15, 0.2) is 22.7 Å². The molecule has 1 fully saturated rings. The predicted octanol–water partition coefficient (Wildman–Crippen LogP) is 3.47. The second-order valence-electron chi connectivity index (χ2n) is 5.51. The standard InChI is InChI=1S/C16H25BrN2O/c1-3-18-12(2)15-8-7-13(17)10-16(15)19-9-5-4-6-14(19)11-20/h7-8,10,12,14,18,20H,3-6,9,11H2,1-2H3. The quantitative estimate of drug-likeness (QED) is 0.861. The van der Waals surface area contributed by atoms with Crippen LogP contribution in [-0.4, -0.2) is 30.8 Å². The topological polar surface area (TPSA) is 35.5 Å². The smallest absolute Gasteiger partial charge is 0.0635 e. The van der Waals surface area contributed by atoms with Crippen LogP contribution in [0.5, 0.6) is 0 Å². The fourth-order valence-corrected chi connectivity index (χ4v) is 3.40. The van der Waals surface area contributed by atoms with Crippen LogP contribution in [0.4, 0.5) is 5.69 Å². The minimum atomic E-state index is 0.238. The Labute approximate surface area is 130 Å². The summed E-state index contributed by atoms with van der Waals surface area (Å²) in [6.45, 7) is 6.57. The molecular formula is C16H25BrN2O. The van der Waals surface area contributed by atoms with E-state index >= 15 is 0 Å². The highest BCUT2D eigenvalue weighted by Gasteiger charge is 2.25. The molecule has 1 aliphatic heterocycles. The van der Waals surface area contributed by atoms with E-state index < -0.39 is 0 Å². The summed E-state index contributed by atoms with van der Waals surface area (Å²) >= 11 is 3.58. The maximum atomic E-state index is 9.66. The molecule has 1 saturated heterocycles. The Balaban J connectivity index is 2.34. The van der Waals surface area contributed by atoms with Gasteiger partial charge < -0.3 is 15.3 Å². The summed E-state index contributed by atoms with van der Waals surface area (Å²) < 4.78 is 1.10. The molecule has 20 heavy (non-hydrogen) atoms. The highest BCUT2D eigenvalue weighted by molar-refractivity contribution is 9.10. The SMILES string of the molecule is CCNC(C)c1ccc(Br)cc1N1CCCCC1CO. The van der Waals surface area contributed by atoms with E-state index in [1.54, 1.807) is 0 Å². The fraction of sp³-hybridized carbons (Fsp3) is 0.625. The number of piperidine rings is 1. The average molecular weight is 341 g/mol. The Bertz CT molecular complexity index is 438. The van der Waals surface area contributed by atoms with E-state index in [2.05, 4.69) is 58.2 Å². The first kappa shape index (κ1) is 15.8. The van der Waals surface area contributed by atoms with E-state index in [1.165, 1.54) is 24.1 Å². The van der Waals surface area contributed by atoms with Gasteiger partial charge in [-0.05, 0) is 50.4 Å². The maximum Gasteiger partial charge on any atom is 0.0635 e. The predicted molar refractivity (Wildman–Crippen MR) is 88.3 cm³/mol. The molecule has 112 valence electrons. The van der Waals surface area contributed by atoms with E-state index in [1.807, 2.05) is 0 Å². The van der Waals surface area contributed by atoms with E-state index in [0.717, 1.165) is 24.0 Å². The minimum absolute atomic E-state index is 0.238. The van der Waals surface area contributed by atoms with Crippen molar-refractivity contribution in [3.8, 4) is 0 Å². The van der Waals surface area contributed by atoms with E-state index in [0.29, 0.717) is 6.04 Å². The van der Waals surface area contributed by atoms with Crippen molar-refractivity contribution in [2.24, 2.45) is 0 Å². The molecule has 0 saturated carbocycles. The molecule has 2 N–H and O–H groups in total. The van der Waals surface area contributed by atoms with Crippen LogP contribution in [0.3, 0.4) is 0 Å². The highest BCUT2D eigenvalue weighted by atomic mass is 79.9. The molecule has 0 bridgehead atoms. The number of nitrogens with one attached hydrogen (secondary N) is 1. The number of aliphatic hydroxyl groups is 1. The third kappa shape index (κ3) is 3.54. The number of nitrogens with zero attached hydrogens (tertiary/aromatic N) is 1. The van der Waals surface area contributed by atoms with Gasteiger partial charge in [-0.3, -0.25) is 0 Å². The first-order valence-corrected chi connectivity index (χ1v) is 8.37. The lowest BCUT2D eigenvalue weighted by Crippen LogP contribution is -2.42. The van der Waals surface area contributed by atoms with Gasteiger partial charge in [-0.15, -0.1) is 0 Å². The average Bonchev–Trinajstić information content (AvgIpc) is 2.47. The van der Waals surface area contributed by atoms with Crippen molar-refractivity contribution in [1.29, 1.82) is 0 Å². The van der Waals surface area contributed by atoms with Crippen LogP contribution in [-0.2, 0) is 0 Å². The number of hydrogen-bond acceptors (Lipinski definition) is 3. The Morgan fingerprint density at radius 3 is 2.95 bits per heavy atom. The molecule has 0 radical (unpaired) electrons. The van der Waals surface area contributed by atoms with Gasteiger partial charge in [-0.25, -0.2) is 0 Å². The first-order valence-electron chi connectivity index (χ1n) is 7.57. The minimum Gasteiger partial charge on any atom is -0.394 e. The van der Waals surface area contributed by atoms with Gasteiger partial charge in [0.05, 0.1) is 12.6 Å². The summed E-state index contributed by atoms with van der Waals surface area (Å²) in [4.78, 5) is 2.39. The number of rotatable bonds is 5. The molecule has 4 heteroatoms. The summed E-state index contributed by atoms with van der Waals surface area (Å²) in [5.41, 5.74) is 2.57. The van der Waals surface area contributed by atoms with E-state index in [-0.39, 0.29) is 12.6 Å². The lowest BCUT2D eigenvalue weighted by Gasteiger charge is -2.38. The van der Waals surface area contributed by atoms with E-state index in [9.17, 15) is 5.11 Å². The third-order valence-electron chi connectivity index (χ3n) is 4.12. The highest BCUT2D eigenvalue weighted by Crippen LogP contribution is 2.33. The van der Waals surface area contributed by atoms with Crippen LogP contribution in [0.1, 0.15) is 44.7 Å². The Hall–Kier alpha value is -0.580. The van der Waals surface area contributed by atoms with Crippen molar-refractivity contribution in [3.05, 3.63) is 28.2 Å². The number of aliphatic hydroxyl groups excluding tert-OH is 1. The molecule has 1 heterocycles. The molecule has 2 atom stereocenters. The van der Waals surface area contributed by atoms with Gasteiger partial charge in [0.2, 0.25) is 0 Å². The largest absolute Gasteiger partial charge is 0.394 e. The zero-order chi connectivity index (χ0) is 14.5. The Morgan fingerprint density at radius 2 is 2.25 bits per heavy atom. The normalized spacial score (nSPS) is 21.0. The fourth-order valence-electron chi connectivity index (χ4n) is 3.06. The summed E-state index contributed by atoms with van der Waals surface area (Å²) in [6.07, 6.45) is 3.50. The summed E-state index contributed by atoms with van der Waals surface area (Å²) in [7, 11) is 0. The van der Waals surface area contributed by atoms with Gasteiger partial charge >= 0.3 is 0 Å². The number of anilines is 1. The van der Waals surface area contributed by atoms with Crippen molar-refractivity contribution in [3.63, 3.8) is 0 Å². The molecule has 2 rings (SSSR count). The Kier molecular flexibility index (Phi) is 5.87. The lowest BCUT2D eigenvalue weighted by molar-refractivity contribution is 0.240. The van der Waals surface area contributed by atoms with E-state index in [4.69, 9.17) is 0 Å². The summed E-state index contributed by atoms with van der Waals surface area (Å²) in [6, 6.07) is 7.06. The molecule has 0 spiro atoms. The van der Waals surface area contributed by atoms with Crippen molar-refractivity contribution < 1.29 is 5.11 Å². The van der Waals surface area contributed by atoms with Crippen LogP contribution in [0.2, 0.25) is 0 Å². The number of halogens is 1. The van der Waals surface area contributed by atoms with Gasteiger partial charge in [0.15, 0.2) is 0 Å². The van der Waals surface area contributed by atoms with Crippen molar-refractivity contribution in [2.45, 2.75) is 45.2 Å². The molecule has 1 aliphatic rings. The molecule has 0 amide bonds. The van der Waals surface area contributed by atoms with Gasteiger partial charge in [0, 0.05) is 22.7 Å². The monoisotopic (exact) mass is 340 g/mol. The second kappa shape index (κ2) is 7.43. The zero-order valence-electron chi connectivity index (χ0n) is 12.4. The molecule has 3 nitrogen and oxygen atoms in total. The molecular weight excluding hydrogens is 316 g/mol. The van der Waals surface area contributed by atoms with Gasteiger partial charge in [0.25, 0.3) is 0 Å². The number of hydrogen-bond donors (Lipinski definition) is 2. The summed E-state index contributed by atoms with van der Waals surface area (Å²) in [5, 5.41) is 13.1. The van der Waals surface area contributed by atoms with Crippen LogP contribution in [0, 0.1) is 0 Å². The zero-order valence-corrected chi connectivity index (χ0v) is 14.0. The van der Waals surface area contributed by atoms with Crippen LogP contribution < -0.4 is 10.2 Å². The van der Waals surface area contributed by atoms with Crippen molar-refractivity contribution in [2.75, 3.05) is 24.6 Å². The van der Waals surface area contributed by atoms with Gasteiger partial charge in [-0.1, -0.05) is 28.9 Å². The molecule has 0 aliphatic carbocycles. The second-order valence-corrected chi connectivity index (χ2v) is 6.42. The van der Waals surface area contributed by atoms with Crippen LogP contribution >= 0.6 is 15.9 Å². The number of benzene rings is 1. The molecule has 0 aromatic heterocycles. The van der Waals surface area contributed by atoms with Gasteiger partial charge in [0.1, 0.15) is 0 Å². The van der Waals surface area contributed by atoms with Gasteiger partial charge in [-0.2, -0.15) is 0 Å². The third-order valence-corrected chi connectivity index (χ3v) is 4.61. The maximum absolute atomic E-state index is 9.66. The molecule has 2 unspecified atom stereocenters. The van der Waals surface area contributed by atoms with Crippen LogP contribution in [0.25, 0.3) is 0 Å². The lowest BCUT2D eigenvalue weighted by atomic mass is 9.98. The van der Waals surface area contributed by atoms with Crippen molar-refractivity contribution in [1.82, 2.24) is 5.32 Å². The van der Waals surface area contributed by atoms with Crippen molar-refractivity contribution >= 4 is 21.6 Å². The summed E-state index contributed by atoms with van der Waals surface area (Å²) in [5.74, 6) is 0. The Morgan fingerprint density at radius 1 is 1.45 bits per heavy atom.